The number of rotatable bonds is 2. The second-order valence-corrected chi connectivity index (χ2v) is 6.16. The number of aliphatic hydroxyl groups excluding tert-OH is 1. The lowest BCUT2D eigenvalue weighted by Crippen LogP contribution is -2.35. The minimum atomic E-state index is -0.317. The number of anilines is 1. The molecule has 0 atom stereocenters. The van der Waals surface area contributed by atoms with Gasteiger partial charge in [-0.05, 0) is 31.0 Å². The number of aliphatic hydroxyl groups is 1. The molecule has 4 heteroatoms. The van der Waals surface area contributed by atoms with Gasteiger partial charge in [0, 0.05) is 16.0 Å². The first-order chi connectivity index (χ1) is 10.0. The van der Waals surface area contributed by atoms with Crippen LogP contribution in [0.25, 0.3) is 0 Å². The number of benzene rings is 1. The topological polar surface area (TPSA) is 49.3 Å². The van der Waals surface area contributed by atoms with Crippen LogP contribution < -0.4 is 5.32 Å². The summed E-state index contributed by atoms with van der Waals surface area (Å²) in [4.78, 5) is 12.6. The molecule has 0 aromatic heterocycles. The van der Waals surface area contributed by atoms with Crippen molar-refractivity contribution in [2.75, 3.05) is 11.9 Å². The van der Waals surface area contributed by atoms with Crippen LogP contribution in [0.15, 0.2) is 18.2 Å². The van der Waals surface area contributed by atoms with Crippen LogP contribution in [-0.2, 0) is 4.79 Å². The zero-order valence-electron chi connectivity index (χ0n) is 12.2. The van der Waals surface area contributed by atoms with Crippen molar-refractivity contribution in [1.29, 1.82) is 0 Å². The maximum absolute atomic E-state index is 12.6. The van der Waals surface area contributed by atoms with Gasteiger partial charge < -0.3 is 10.4 Å². The van der Waals surface area contributed by atoms with Gasteiger partial charge in [0.15, 0.2) is 0 Å². The Morgan fingerprint density at radius 1 is 1.38 bits per heavy atom. The number of amides is 1. The average molecular weight is 306 g/mol. The molecule has 0 bridgehead atoms. The van der Waals surface area contributed by atoms with E-state index in [1.54, 1.807) is 18.2 Å². The van der Waals surface area contributed by atoms with Crippen molar-refractivity contribution >= 4 is 23.2 Å². The van der Waals surface area contributed by atoms with Crippen molar-refractivity contribution in [3.63, 3.8) is 0 Å². The van der Waals surface area contributed by atoms with Crippen molar-refractivity contribution in [3.05, 3.63) is 28.8 Å². The highest BCUT2D eigenvalue weighted by atomic mass is 35.5. The predicted molar refractivity (Wildman–Crippen MR) is 85.2 cm³/mol. The largest absolute Gasteiger partial charge is 0.384 e. The van der Waals surface area contributed by atoms with E-state index in [0.29, 0.717) is 16.3 Å². The summed E-state index contributed by atoms with van der Waals surface area (Å²) in [5.41, 5.74) is 0.962. The normalized spacial score (nSPS) is 16.7. The Labute approximate surface area is 130 Å². The van der Waals surface area contributed by atoms with E-state index in [-0.39, 0.29) is 17.9 Å². The maximum atomic E-state index is 12.6. The van der Waals surface area contributed by atoms with Gasteiger partial charge >= 0.3 is 0 Å². The van der Waals surface area contributed by atoms with Crippen LogP contribution in [0.3, 0.4) is 0 Å². The minimum Gasteiger partial charge on any atom is -0.384 e. The molecule has 0 heterocycles. The predicted octanol–water partition coefficient (Wildman–Crippen LogP) is 3.59. The molecule has 1 fully saturated rings. The summed E-state index contributed by atoms with van der Waals surface area (Å²) in [6, 6.07) is 5.18. The van der Waals surface area contributed by atoms with Gasteiger partial charge in [-0.1, -0.05) is 49.6 Å². The molecule has 1 aromatic rings. The van der Waals surface area contributed by atoms with Crippen LogP contribution in [0, 0.1) is 17.3 Å². The summed E-state index contributed by atoms with van der Waals surface area (Å²) in [6.07, 6.45) is 5.22. The highest BCUT2D eigenvalue weighted by Crippen LogP contribution is 2.37. The molecule has 1 aliphatic carbocycles. The zero-order chi connectivity index (χ0) is 15.3. The average Bonchev–Trinajstić information content (AvgIpc) is 2.47. The first-order valence-electron chi connectivity index (χ1n) is 7.26. The molecule has 1 saturated carbocycles. The van der Waals surface area contributed by atoms with Crippen LogP contribution in [0.5, 0.6) is 0 Å². The summed E-state index contributed by atoms with van der Waals surface area (Å²) in [7, 11) is 0. The Kier molecular flexibility index (Phi) is 5.27. The first kappa shape index (κ1) is 15.9. The number of carbonyl (C=O) groups is 1. The van der Waals surface area contributed by atoms with E-state index in [9.17, 15) is 4.79 Å². The van der Waals surface area contributed by atoms with Crippen molar-refractivity contribution < 1.29 is 9.90 Å². The number of carbonyl (C=O) groups excluding carboxylic acids is 1. The number of hydrogen-bond acceptors (Lipinski definition) is 2. The van der Waals surface area contributed by atoms with Crippen LogP contribution in [-0.4, -0.2) is 17.6 Å². The van der Waals surface area contributed by atoms with Crippen LogP contribution in [0.4, 0.5) is 5.69 Å². The molecule has 1 aromatic carbocycles. The van der Waals surface area contributed by atoms with Gasteiger partial charge in [0.05, 0.1) is 5.69 Å². The highest BCUT2D eigenvalue weighted by Gasteiger charge is 2.34. The van der Waals surface area contributed by atoms with E-state index in [1.807, 2.05) is 6.92 Å². The molecule has 2 N–H and O–H groups in total. The van der Waals surface area contributed by atoms with Gasteiger partial charge in [-0.25, -0.2) is 0 Å². The Morgan fingerprint density at radius 3 is 2.76 bits per heavy atom. The first-order valence-corrected chi connectivity index (χ1v) is 7.64. The molecule has 2 rings (SSSR count). The molecular weight excluding hydrogens is 286 g/mol. The Bertz CT molecular complexity index is 580. The molecular formula is C17H20ClNO2. The van der Waals surface area contributed by atoms with Crippen LogP contribution >= 0.6 is 11.6 Å². The van der Waals surface area contributed by atoms with Gasteiger partial charge in [0.25, 0.3) is 0 Å². The molecule has 3 nitrogen and oxygen atoms in total. The molecule has 1 amide bonds. The monoisotopic (exact) mass is 305 g/mol. The molecule has 112 valence electrons. The third-order valence-electron chi connectivity index (χ3n) is 4.04. The van der Waals surface area contributed by atoms with Crippen LogP contribution in [0.2, 0.25) is 5.02 Å². The number of halogens is 1. The zero-order valence-corrected chi connectivity index (χ0v) is 13.0. The lowest BCUT2D eigenvalue weighted by Gasteiger charge is -2.32. The standard InChI is InChI=1S/C17H20ClNO2/c1-17(9-3-2-4-10-17)16(21)19-15-12-14(18)8-7-13(15)6-5-11-20/h7-8,12,20H,2-4,9-11H2,1H3,(H,19,21). The third kappa shape index (κ3) is 4.00. The Morgan fingerprint density at radius 2 is 2.10 bits per heavy atom. The Hall–Kier alpha value is -1.50. The van der Waals surface area contributed by atoms with E-state index < -0.39 is 0 Å². The van der Waals surface area contributed by atoms with E-state index in [2.05, 4.69) is 17.2 Å². The van der Waals surface area contributed by atoms with E-state index >= 15 is 0 Å². The maximum Gasteiger partial charge on any atom is 0.230 e. The van der Waals surface area contributed by atoms with Gasteiger partial charge in [-0.15, -0.1) is 0 Å². The smallest absolute Gasteiger partial charge is 0.230 e. The van der Waals surface area contributed by atoms with Gasteiger partial charge in [0.1, 0.15) is 6.61 Å². The fraction of sp³-hybridized carbons (Fsp3) is 0.471. The molecule has 0 saturated heterocycles. The van der Waals surface area contributed by atoms with Gasteiger partial charge in [-0.3, -0.25) is 4.79 Å². The van der Waals surface area contributed by atoms with Crippen molar-refractivity contribution in [2.24, 2.45) is 5.41 Å². The summed E-state index contributed by atoms with van der Waals surface area (Å²) in [5, 5.41) is 12.3. The SMILES string of the molecule is CC1(C(=O)Nc2cc(Cl)ccc2C#CCO)CCCCC1. The van der Waals surface area contributed by atoms with E-state index in [1.165, 1.54) is 6.42 Å². The van der Waals surface area contributed by atoms with E-state index in [0.717, 1.165) is 25.7 Å². The quantitative estimate of drug-likeness (QED) is 0.820. The fourth-order valence-electron chi connectivity index (χ4n) is 2.70. The number of hydrogen-bond donors (Lipinski definition) is 2. The molecule has 0 radical (unpaired) electrons. The third-order valence-corrected chi connectivity index (χ3v) is 4.27. The minimum absolute atomic E-state index is 0.0246. The summed E-state index contributed by atoms with van der Waals surface area (Å²) < 4.78 is 0. The van der Waals surface area contributed by atoms with Crippen molar-refractivity contribution in [3.8, 4) is 11.8 Å². The molecule has 21 heavy (non-hydrogen) atoms. The summed E-state index contributed by atoms with van der Waals surface area (Å²) in [5.74, 6) is 5.46. The molecule has 1 aliphatic rings. The van der Waals surface area contributed by atoms with Crippen molar-refractivity contribution in [1.82, 2.24) is 0 Å². The van der Waals surface area contributed by atoms with Crippen LogP contribution in [0.1, 0.15) is 44.6 Å². The fourth-order valence-corrected chi connectivity index (χ4v) is 2.87. The van der Waals surface area contributed by atoms with E-state index in [4.69, 9.17) is 16.7 Å². The van der Waals surface area contributed by atoms with Crippen molar-refractivity contribution in [2.45, 2.75) is 39.0 Å². The summed E-state index contributed by atoms with van der Waals surface area (Å²) in [6.45, 7) is 1.80. The molecule has 0 spiro atoms. The lowest BCUT2D eigenvalue weighted by molar-refractivity contribution is -0.126. The van der Waals surface area contributed by atoms with Gasteiger partial charge in [-0.2, -0.15) is 0 Å². The second-order valence-electron chi connectivity index (χ2n) is 5.73. The summed E-state index contributed by atoms with van der Waals surface area (Å²) >= 11 is 6.01. The Balaban J connectivity index is 2.21. The highest BCUT2D eigenvalue weighted by molar-refractivity contribution is 6.31. The van der Waals surface area contributed by atoms with Gasteiger partial charge in [0.2, 0.25) is 5.91 Å². The molecule has 0 aliphatic heterocycles. The lowest BCUT2D eigenvalue weighted by atomic mass is 9.75. The number of nitrogens with one attached hydrogen (secondary N) is 1. The molecule has 0 unspecified atom stereocenters. The second kappa shape index (κ2) is 6.98.